The van der Waals surface area contributed by atoms with Crippen LogP contribution in [0, 0.1) is 12.8 Å². The van der Waals surface area contributed by atoms with Crippen LogP contribution in [0.1, 0.15) is 30.8 Å². The second kappa shape index (κ2) is 4.21. The smallest absolute Gasteiger partial charge is 0.181 e. The van der Waals surface area contributed by atoms with Crippen molar-refractivity contribution in [3.63, 3.8) is 0 Å². The number of hydrogen-bond acceptors (Lipinski definition) is 3. The molecule has 0 spiro atoms. The van der Waals surface area contributed by atoms with Crippen molar-refractivity contribution in [2.24, 2.45) is 11.7 Å². The third-order valence-corrected chi connectivity index (χ3v) is 3.68. The van der Waals surface area contributed by atoms with Gasteiger partial charge in [-0.3, -0.25) is 0 Å². The Labute approximate surface area is 107 Å². The van der Waals surface area contributed by atoms with Crippen molar-refractivity contribution in [3.05, 3.63) is 35.7 Å². The van der Waals surface area contributed by atoms with Crippen molar-refractivity contribution >= 4 is 0 Å². The summed E-state index contributed by atoms with van der Waals surface area (Å²) in [4.78, 5) is 4.62. The molecule has 1 aromatic heterocycles. The summed E-state index contributed by atoms with van der Waals surface area (Å²) < 4.78 is 1.96. The molecule has 18 heavy (non-hydrogen) atoms. The lowest BCUT2D eigenvalue weighted by molar-refractivity contribution is 0.323. The van der Waals surface area contributed by atoms with Crippen molar-refractivity contribution < 1.29 is 0 Å². The van der Waals surface area contributed by atoms with Crippen LogP contribution in [0.15, 0.2) is 24.3 Å². The van der Waals surface area contributed by atoms with Gasteiger partial charge in [-0.25, -0.2) is 9.67 Å². The molecule has 2 heterocycles. The van der Waals surface area contributed by atoms with Crippen LogP contribution in [-0.4, -0.2) is 14.8 Å². The van der Waals surface area contributed by atoms with Gasteiger partial charge in [0.15, 0.2) is 5.82 Å². The molecule has 1 aliphatic rings. The van der Waals surface area contributed by atoms with Crippen LogP contribution in [0.2, 0.25) is 0 Å². The predicted molar refractivity (Wildman–Crippen MR) is 70.9 cm³/mol. The van der Waals surface area contributed by atoms with E-state index in [0.717, 1.165) is 30.2 Å². The highest BCUT2D eigenvalue weighted by Gasteiger charge is 2.27. The van der Waals surface area contributed by atoms with E-state index in [9.17, 15) is 0 Å². The van der Waals surface area contributed by atoms with Gasteiger partial charge in [0.05, 0.1) is 6.04 Å². The highest BCUT2D eigenvalue weighted by atomic mass is 15.4. The first-order valence-corrected chi connectivity index (χ1v) is 6.42. The van der Waals surface area contributed by atoms with E-state index in [0.29, 0.717) is 5.92 Å². The van der Waals surface area contributed by atoms with Gasteiger partial charge in [0.2, 0.25) is 0 Å². The van der Waals surface area contributed by atoms with Gasteiger partial charge in [-0.05, 0) is 25.3 Å². The van der Waals surface area contributed by atoms with Crippen molar-refractivity contribution in [3.8, 4) is 11.4 Å². The van der Waals surface area contributed by atoms with Crippen LogP contribution in [0.4, 0.5) is 0 Å². The van der Waals surface area contributed by atoms with Gasteiger partial charge in [0, 0.05) is 12.1 Å². The summed E-state index contributed by atoms with van der Waals surface area (Å²) >= 11 is 0. The molecule has 2 N–H and O–H groups in total. The maximum atomic E-state index is 6.19. The Hall–Kier alpha value is -1.68. The molecular formula is C14H18N4. The van der Waals surface area contributed by atoms with Crippen LogP contribution < -0.4 is 5.73 Å². The third kappa shape index (κ3) is 1.82. The molecule has 4 nitrogen and oxygen atoms in total. The fraction of sp³-hybridized carbons (Fsp3) is 0.429. The van der Waals surface area contributed by atoms with E-state index in [1.807, 2.05) is 16.8 Å². The normalized spacial score (nSPS) is 22.8. The SMILES string of the molecule is Cc1cccc(-c2nc3n(n2)CCC(C)C3N)c1. The van der Waals surface area contributed by atoms with Gasteiger partial charge in [-0.2, -0.15) is 5.10 Å². The molecule has 4 heteroatoms. The lowest BCUT2D eigenvalue weighted by Crippen LogP contribution is -2.29. The summed E-state index contributed by atoms with van der Waals surface area (Å²) in [6, 6.07) is 8.27. The van der Waals surface area contributed by atoms with Crippen LogP contribution in [0.5, 0.6) is 0 Å². The molecule has 0 saturated carbocycles. The van der Waals surface area contributed by atoms with Crippen LogP contribution in [-0.2, 0) is 6.54 Å². The molecule has 0 radical (unpaired) electrons. The second-order valence-electron chi connectivity index (χ2n) is 5.18. The minimum absolute atomic E-state index is 0.00445. The van der Waals surface area contributed by atoms with E-state index >= 15 is 0 Å². The molecule has 2 atom stereocenters. The van der Waals surface area contributed by atoms with E-state index < -0.39 is 0 Å². The molecule has 0 amide bonds. The van der Waals surface area contributed by atoms with Crippen molar-refractivity contribution in [1.29, 1.82) is 0 Å². The topological polar surface area (TPSA) is 56.7 Å². The largest absolute Gasteiger partial charge is 0.321 e. The number of benzene rings is 1. The lowest BCUT2D eigenvalue weighted by atomic mass is 9.95. The first kappa shape index (κ1) is 11.4. The van der Waals surface area contributed by atoms with Gasteiger partial charge in [-0.1, -0.05) is 30.7 Å². The summed E-state index contributed by atoms with van der Waals surface area (Å²) in [5.41, 5.74) is 8.47. The van der Waals surface area contributed by atoms with E-state index in [4.69, 9.17) is 5.73 Å². The summed E-state index contributed by atoms with van der Waals surface area (Å²) in [5, 5.41) is 4.57. The number of aromatic nitrogens is 3. The third-order valence-electron chi connectivity index (χ3n) is 3.68. The number of nitrogens with two attached hydrogens (primary N) is 1. The summed E-state index contributed by atoms with van der Waals surface area (Å²) in [6.45, 7) is 5.17. The quantitative estimate of drug-likeness (QED) is 0.834. The summed E-state index contributed by atoms with van der Waals surface area (Å²) in [6.07, 6.45) is 1.07. The lowest BCUT2D eigenvalue weighted by Gasteiger charge is -2.24. The Bertz CT molecular complexity index is 573. The summed E-state index contributed by atoms with van der Waals surface area (Å²) in [5.74, 6) is 2.19. The predicted octanol–water partition coefficient (Wildman–Crippen LogP) is 2.29. The number of fused-ring (bicyclic) bond motifs is 1. The molecule has 2 aromatic rings. The zero-order valence-electron chi connectivity index (χ0n) is 10.8. The zero-order valence-corrected chi connectivity index (χ0v) is 10.8. The average Bonchev–Trinajstić information content (AvgIpc) is 2.79. The Morgan fingerprint density at radius 3 is 3.00 bits per heavy atom. The van der Waals surface area contributed by atoms with E-state index in [2.05, 4.69) is 36.1 Å². The van der Waals surface area contributed by atoms with Crippen molar-refractivity contribution in [1.82, 2.24) is 14.8 Å². The molecule has 2 unspecified atom stereocenters. The highest BCUT2D eigenvalue weighted by molar-refractivity contribution is 5.55. The molecule has 0 bridgehead atoms. The molecular weight excluding hydrogens is 224 g/mol. The standard InChI is InChI=1S/C14H18N4/c1-9-4-3-5-11(8-9)13-16-14-12(15)10(2)6-7-18(14)17-13/h3-5,8,10,12H,6-7,15H2,1-2H3. The number of hydrogen-bond donors (Lipinski definition) is 1. The molecule has 1 aromatic carbocycles. The first-order valence-electron chi connectivity index (χ1n) is 6.42. The van der Waals surface area contributed by atoms with E-state index in [-0.39, 0.29) is 6.04 Å². The zero-order chi connectivity index (χ0) is 12.7. The molecule has 94 valence electrons. The minimum atomic E-state index is 0.00445. The van der Waals surface area contributed by atoms with Gasteiger partial charge in [-0.15, -0.1) is 0 Å². The van der Waals surface area contributed by atoms with Gasteiger partial charge < -0.3 is 5.73 Å². The van der Waals surface area contributed by atoms with E-state index in [1.165, 1.54) is 5.56 Å². The average molecular weight is 242 g/mol. The molecule has 0 fully saturated rings. The first-order chi connectivity index (χ1) is 8.65. The number of aryl methyl sites for hydroxylation is 2. The Balaban J connectivity index is 2.03. The molecule has 0 aliphatic carbocycles. The van der Waals surface area contributed by atoms with Crippen LogP contribution in [0.25, 0.3) is 11.4 Å². The second-order valence-corrected chi connectivity index (χ2v) is 5.18. The number of rotatable bonds is 1. The van der Waals surface area contributed by atoms with Crippen LogP contribution >= 0.6 is 0 Å². The van der Waals surface area contributed by atoms with Crippen molar-refractivity contribution in [2.45, 2.75) is 32.9 Å². The maximum absolute atomic E-state index is 6.19. The van der Waals surface area contributed by atoms with Gasteiger partial charge >= 0.3 is 0 Å². The van der Waals surface area contributed by atoms with Crippen LogP contribution in [0.3, 0.4) is 0 Å². The Kier molecular flexibility index (Phi) is 2.67. The van der Waals surface area contributed by atoms with E-state index in [1.54, 1.807) is 0 Å². The van der Waals surface area contributed by atoms with Gasteiger partial charge in [0.1, 0.15) is 5.82 Å². The Morgan fingerprint density at radius 1 is 1.39 bits per heavy atom. The fourth-order valence-corrected chi connectivity index (χ4v) is 2.43. The monoisotopic (exact) mass is 242 g/mol. The highest BCUT2D eigenvalue weighted by Crippen LogP contribution is 2.28. The fourth-order valence-electron chi connectivity index (χ4n) is 2.43. The van der Waals surface area contributed by atoms with Crippen molar-refractivity contribution in [2.75, 3.05) is 0 Å². The molecule has 1 aliphatic heterocycles. The summed E-state index contributed by atoms with van der Waals surface area (Å²) in [7, 11) is 0. The maximum Gasteiger partial charge on any atom is 0.181 e. The number of nitrogens with zero attached hydrogens (tertiary/aromatic N) is 3. The Morgan fingerprint density at radius 2 is 2.22 bits per heavy atom. The van der Waals surface area contributed by atoms with Gasteiger partial charge in [0.25, 0.3) is 0 Å². The molecule has 0 saturated heterocycles. The molecule has 3 rings (SSSR count). The minimum Gasteiger partial charge on any atom is -0.321 e.